The Balaban J connectivity index is 2.94. The van der Waals surface area contributed by atoms with Crippen molar-refractivity contribution in [3.63, 3.8) is 0 Å². The van der Waals surface area contributed by atoms with Crippen molar-refractivity contribution in [2.75, 3.05) is 0 Å². The third-order valence-corrected chi connectivity index (χ3v) is 1.64. The zero-order chi connectivity index (χ0) is 7.72. The first-order chi connectivity index (χ1) is 4.61. The van der Waals surface area contributed by atoms with Crippen LogP contribution in [0.2, 0.25) is 0 Å². The fourth-order valence-electron chi connectivity index (χ4n) is 1.17. The van der Waals surface area contributed by atoms with Crippen molar-refractivity contribution in [1.82, 2.24) is 0 Å². The maximum absolute atomic E-state index is 9.33. The van der Waals surface area contributed by atoms with Crippen molar-refractivity contribution < 1.29 is 0 Å². The molecule has 0 unspecified atom stereocenters. The molecule has 0 atom stereocenters. The van der Waals surface area contributed by atoms with Crippen LogP contribution >= 0.6 is 0 Å². The lowest BCUT2D eigenvalue weighted by Crippen LogP contribution is -2.06. The minimum atomic E-state index is 0.422. The van der Waals surface area contributed by atoms with Crippen molar-refractivity contribution in [2.45, 2.75) is 20.8 Å². The molecule has 0 spiro atoms. The Morgan fingerprint density at radius 1 is 1.20 bits per heavy atom. The lowest BCUT2D eigenvalue weighted by atomic mass is 9.92. The molecule has 1 nitrogen and oxygen atoms in total. The third kappa shape index (κ3) is 1.13. The van der Waals surface area contributed by atoms with Crippen molar-refractivity contribution in [1.29, 1.82) is 0 Å². The molecule has 52 valence electrons. The molecule has 0 N–H and O–H groups in total. The maximum atomic E-state index is 9.33. The van der Waals surface area contributed by atoms with Crippen molar-refractivity contribution >= 4 is 5.71 Å². The summed E-state index contributed by atoms with van der Waals surface area (Å²) in [7, 11) is 0. The highest BCUT2D eigenvalue weighted by atomic mass is 14.4. The zero-order valence-electron chi connectivity index (χ0n) is 6.60. The summed E-state index contributed by atoms with van der Waals surface area (Å²) in [6.45, 7) is 5.85. The highest BCUT2D eigenvalue weighted by Crippen LogP contribution is 2.19. The zero-order valence-corrected chi connectivity index (χ0v) is 6.60. The number of rotatable bonds is 0. The highest BCUT2D eigenvalue weighted by Gasteiger charge is 2.13. The van der Waals surface area contributed by atoms with E-state index in [4.69, 9.17) is 0 Å². The summed E-state index contributed by atoms with van der Waals surface area (Å²) in [6.07, 6.45) is 3.95. The predicted octanol–water partition coefficient (Wildman–Crippen LogP) is 2.50. The SMILES string of the molecule is CC1=C[C+](C)C=C(C)C1=[N-]. The minimum absolute atomic E-state index is 0.422. The molecule has 0 aromatic rings. The average Bonchev–Trinajstić information content (AvgIpc) is 1.82. The van der Waals surface area contributed by atoms with E-state index < -0.39 is 0 Å². The van der Waals surface area contributed by atoms with Gasteiger partial charge in [0.2, 0.25) is 0 Å². The van der Waals surface area contributed by atoms with E-state index in [1.165, 1.54) is 5.92 Å². The van der Waals surface area contributed by atoms with Crippen molar-refractivity contribution in [2.24, 2.45) is 0 Å². The summed E-state index contributed by atoms with van der Waals surface area (Å²) < 4.78 is 0. The van der Waals surface area contributed by atoms with E-state index in [9.17, 15) is 5.41 Å². The van der Waals surface area contributed by atoms with E-state index in [0.29, 0.717) is 5.71 Å². The average molecular weight is 133 g/mol. The van der Waals surface area contributed by atoms with Crippen LogP contribution in [0.4, 0.5) is 0 Å². The van der Waals surface area contributed by atoms with Crippen LogP contribution in [0, 0.1) is 5.92 Å². The van der Waals surface area contributed by atoms with Gasteiger partial charge in [0.25, 0.3) is 0 Å². The van der Waals surface area contributed by atoms with Crippen LogP contribution in [0.5, 0.6) is 0 Å². The Morgan fingerprint density at radius 2 is 1.60 bits per heavy atom. The Hall–Kier alpha value is -0.980. The summed E-state index contributed by atoms with van der Waals surface area (Å²) in [5, 5.41) is 9.33. The van der Waals surface area contributed by atoms with Gasteiger partial charge in [-0.05, 0) is 5.71 Å². The molecule has 0 aromatic carbocycles. The molecule has 0 bridgehead atoms. The summed E-state index contributed by atoms with van der Waals surface area (Å²) in [5.74, 6) is 1.20. The summed E-state index contributed by atoms with van der Waals surface area (Å²) in [4.78, 5) is 0. The maximum Gasteiger partial charge on any atom is 0.0519 e. The molecule has 0 heterocycles. The first-order valence-electron chi connectivity index (χ1n) is 3.38. The van der Waals surface area contributed by atoms with E-state index in [1.807, 2.05) is 32.9 Å². The first kappa shape index (κ1) is 7.13. The van der Waals surface area contributed by atoms with Crippen LogP contribution in [0.25, 0.3) is 5.41 Å². The van der Waals surface area contributed by atoms with Gasteiger partial charge in [-0.2, -0.15) is 0 Å². The lowest BCUT2D eigenvalue weighted by Gasteiger charge is -2.11. The first-order valence-corrected chi connectivity index (χ1v) is 3.38. The van der Waals surface area contributed by atoms with E-state index in [1.54, 1.807) is 0 Å². The smallest absolute Gasteiger partial charge is 0.0519 e. The normalized spacial score (nSPS) is 18.7. The van der Waals surface area contributed by atoms with Gasteiger partial charge in [-0.3, -0.25) is 0 Å². The molecule has 1 aliphatic rings. The van der Waals surface area contributed by atoms with Gasteiger partial charge in [-0.1, -0.05) is 0 Å². The van der Waals surface area contributed by atoms with Gasteiger partial charge in [-0.15, -0.1) is 0 Å². The van der Waals surface area contributed by atoms with Gasteiger partial charge in [-0.25, -0.2) is 0 Å². The minimum Gasteiger partial charge on any atom is -0.778 e. The molecule has 1 rings (SSSR count). The topological polar surface area (TPSA) is 22.3 Å². The van der Waals surface area contributed by atoms with Crippen molar-refractivity contribution in [3.05, 3.63) is 34.6 Å². The van der Waals surface area contributed by atoms with Gasteiger partial charge >= 0.3 is 0 Å². The monoisotopic (exact) mass is 133 g/mol. The summed E-state index contributed by atoms with van der Waals surface area (Å²) in [6, 6.07) is 0. The summed E-state index contributed by atoms with van der Waals surface area (Å²) >= 11 is 0. The van der Waals surface area contributed by atoms with Gasteiger partial charge in [0.15, 0.2) is 0 Å². The molecule has 0 fully saturated rings. The van der Waals surface area contributed by atoms with Gasteiger partial charge in [0.1, 0.15) is 0 Å². The second kappa shape index (κ2) is 2.33. The molecule has 10 heavy (non-hydrogen) atoms. The second-order valence-corrected chi connectivity index (χ2v) is 2.75. The van der Waals surface area contributed by atoms with Crippen LogP contribution < -0.4 is 0 Å². The van der Waals surface area contributed by atoms with Crippen LogP contribution in [0.1, 0.15) is 20.8 Å². The Kier molecular flexibility index (Phi) is 1.66. The Morgan fingerprint density at radius 3 is 2.00 bits per heavy atom. The third-order valence-electron chi connectivity index (χ3n) is 1.64. The van der Waals surface area contributed by atoms with Gasteiger partial charge in [0, 0.05) is 37.8 Å². The number of nitrogens with zero attached hydrogens (tertiary/aromatic N) is 1. The van der Waals surface area contributed by atoms with Crippen LogP contribution in [-0.2, 0) is 0 Å². The molecule has 0 radical (unpaired) electrons. The number of hydrogen-bond donors (Lipinski definition) is 0. The number of allylic oxidation sites excluding steroid dienone is 4. The van der Waals surface area contributed by atoms with Crippen LogP contribution in [-0.4, -0.2) is 5.71 Å². The number of hydrogen-bond acceptors (Lipinski definition) is 0. The second-order valence-electron chi connectivity index (χ2n) is 2.75. The van der Waals surface area contributed by atoms with E-state index >= 15 is 0 Å². The van der Waals surface area contributed by atoms with Crippen LogP contribution in [0.3, 0.4) is 0 Å². The quantitative estimate of drug-likeness (QED) is 0.453. The Bertz CT molecular complexity index is 199. The van der Waals surface area contributed by atoms with Gasteiger partial charge in [0.05, 0.1) is 12.2 Å². The summed E-state index contributed by atoms with van der Waals surface area (Å²) in [5.41, 5.74) is 2.33. The highest BCUT2D eigenvalue weighted by molar-refractivity contribution is 6.15. The molecular weight excluding hydrogens is 122 g/mol. The standard InChI is InChI=1S/C9H11N/c1-6-4-7(2)9(10)8(3)5-6/h4-5H,1-3H3. The lowest BCUT2D eigenvalue weighted by molar-refractivity contribution is 1.26. The van der Waals surface area contributed by atoms with Crippen molar-refractivity contribution in [3.8, 4) is 0 Å². The predicted molar refractivity (Wildman–Crippen MR) is 44.8 cm³/mol. The molecule has 0 amide bonds. The molecular formula is C9H11N. The molecule has 1 aliphatic carbocycles. The molecule has 0 aliphatic heterocycles. The fraction of sp³-hybridized carbons (Fsp3) is 0.333. The molecule has 1 heteroatoms. The van der Waals surface area contributed by atoms with Gasteiger partial charge < -0.3 is 5.41 Å². The van der Waals surface area contributed by atoms with E-state index in [2.05, 4.69) is 0 Å². The molecule has 0 saturated heterocycles. The van der Waals surface area contributed by atoms with E-state index in [0.717, 1.165) is 11.1 Å². The van der Waals surface area contributed by atoms with E-state index in [-0.39, 0.29) is 0 Å². The van der Waals surface area contributed by atoms with Crippen LogP contribution in [0.15, 0.2) is 23.3 Å². The molecule has 0 aromatic heterocycles. The Labute approximate surface area is 62.0 Å². The largest absolute Gasteiger partial charge is 0.778 e. The fourth-order valence-corrected chi connectivity index (χ4v) is 1.17. The molecule has 0 saturated carbocycles.